The number of rotatable bonds is 8. The van der Waals surface area contributed by atoms with E-state index in [0.717, 1.165) is 24.2 Å². The van der Waals surface area contributed by atoms with Crippen molar-refractivity contribution in [2.24, 2.45) is 12.0 Å². The van der Waals surface area contributed by atoms with Crippen molar-refractivity contribution in [3.8, 4) is 0 Å². The van der Waals surface area contributed by atoms with E-state index < -0.39 is 0 Å². The Morgan fingerprint density at radius 3 is 2.29 bits per heavy atom. The highest BCUT2D eigenvalue weighted by atomic mass is 127. The molecule has 0 saturated carbocycles. The first-order chi connectivity index (χ1) is 14.5. The van der Waals surface area contributed by atoms with E-state index in [1.807, 2.05) is 42.4 Å². The smallest absolute Gasteiger partial charge is 0.192 e. The Kier molecular flexibility index (Phi) is 10.3. The molecule has 0 aliphatic heterocycles. The lowest BCUT2D eigenvalue weighted by molar-refractivity contribution is 0.674. The Morgan fingerprint density at radius 1 is 1.03 bits per heavy atom. The van der Waals surface area contributed by atoms with E-state index in [1.165, 1.54) is 10.5 Å². The molecule has 0 saturated heterocycles. The average Bonchev–Trinajstić information content (AvgIpc) is 3.09. The predicted octanol–water partition coefficient (Wildman–Crippen LogP) is 4.72. The molecular weight excluding hydrogens is 519 g/mol. The summed E-state index contributed by atoms with van der Waals surface area (Å²) in [4.78, 5) is 6.04. The summed E-state index contributed by atoms with van der Waals surface area (Å²) in [7, 11) is 1.96. The third kappa shape index (κ3) is 7.84. The lowest BCUT2D eigenvalue weighted by Crippen LogP contribution is -2.41. The zero-order chi connectivity index (χ0) is 21.3. The normalized spacial score (nSPS) is 13.2. The van der Waals surface area contributed by atoms with Crippen molar-refractivity contribution in [1.82, 2.24) is 25.4 Å². The zero-order valence-corrected chi connectivity index (χ0v) is 21.6. The number of aromatic nitrogens is 3. The van der Waals surface area contributed by atoms with Gasteiger partial charge in [0.05, 0.1) is 6.04 Å². The Labute approximate surface area is 206 Å². The minimum absolute atomic E-state index is 0. The summed E-state index contributed by atoms with van der Waals surface area (Å²) in [6.07, 6.45) is 0. The third-order valence-corrected chi connectivity index (χ3v) is 5.96. The van der Waals surface area contributed by atoms with Crippen LogP contribution in [0.3, 0.4) is 0 Å². The van der Waals surface area contributed by atoms with Gasteiger partial charge in [0.25, 0.3) is 0 Å². The maximum Gasteiger partial charge on any atom is 0.192 e. The highest BCUT2D eigenvalue weighted by Gasteiger charge is 2.11. The highest BCUT2D eigenvalue weighted by Crippen LogP contribution is 2.22. The molecule has 6 nitrogen and oxygen atoms in total. The molecule has 1 aromatic heterocycles. The number of aliphatic imine (C=N–C) groups is 1. The summed E-state index contributed by atoms with van der Waals surface area (Å²) in [5, 5.41) is 15.8. The maximum absolute atomic E-state index is 4.77. The van der Waals surface area contributed by atoms with Crippen LogP contribution in [0.4, 0.5) is 0 Å². The van der Waals surface area contributed by atoms with Crippen molar-refractivity contribution in [3.63, 3.8) is 0 Å². The number of nitrogens with one attached hydrogen (secondary N) is 2. The lowest BCUT2D eigenvalue weighted by Gasteiger charge is -2.20. The number of nitrogens with zero attached hydrogens (tertiary/aromatic N) is 4. The Morgan fingerprint density at radius 2 is 1.68 bits per heavy atom. The molecule has 0 aliphatic rings. The molecule has 0 bridgehead atoms. The number of hydrogen-bond donors (Lipinski definition) is 2. The summed E-state index contributed by atoms with van der Waals surface area (Å²) in [5.74, 6) is 2.49. The maximum atomic E-state index is 4.77. The molecule has 8 heteroatoms. The molecule has 1 heterocycles. The number of hydrogen-bond acceptors (Lipinski definition) is 4. The number of halogens is 1. The van der Waals surface area contributed by atoms with Crippen LogP contribution in [0.15, 0.2) is 70.6 Å². The van der Waals surface area contributed by atoms with Crippen LogP contribution in [0.5, 0.6) is 0 Å². The lowest BCUT2D eigenvalue weighted by atomic mass is 10.1. The first-order valence-electron chi connectivity index (χ1n) is 10.2. The van der Waals surface area contributed by atoms with Gasteiger partial charge in [0.2, 0.25) is 0 Å². The second-order valence-electron chi connectivity index (χ2n) is 7.29. The van der Waals surface area contributed by atoms with Crippen molar-refractivity contribution in [2.45, 2.75) is 43.5 Å². The van der Waals surface area contributed by atoms with Crippen LogP contribution in [0.2, 0.25) is 0 Å². The molecule has 2 atom stereocenters. The van der Waals surface area contributed by atoms with E-state index in [2.05, 4.69) is 83.2 Å². The molecule has 31 heavy (non-hydrogen) atoms. The second kappa shape index (κ2) is 12.7. The number of thioether (sulfide) groups is 1. The Bertz CT molecular complexity index is 945. The fraction of sp³-hybridized carbons (Fsp3) is 0.348. The molecule has 2 unspecified atom stereocenters. The van der Waals surface area contributed by atoms with Gasteiger partial charge < -0.3 is 15.2 Å². The molecule has 0 spiro atoms. The van der Waals surface area contributed by atoms with Crippen LogP contribution < -0.4 is 10.6 Å². The van der Waals surface area contributed by atoms with E-state index in [4.69, 9.17) is 4.99 Å². The summed E-state index contributed by atoms with van der Waals surface area (Å²) < 4.78 is 1.97. The first-order valence-corrected chi connectivity index (χ1v) is 11.1. The monoisotopic (exact) mass is 550 g/mol. The van der Waals surface area contributed by atoms with E-state index in [0.29, 0.717) is 11.8 Å². The molecule has 3 aromatic rings. The molecular formula is C23H31IN6S. The van der Waals surface area contributed by atoms with Gasteiger partial charge in [-0.2, -0.15) is 0 Å². The molecule has 0 fully saturated rings. The van der Waals surface area contributed by atoms with Gasteiger partial charge >= 0.3 is 0 Å². The van der Waals surface area contributed by atoms with Gasteiger partial charge in [0, 0.05) is 23.7 Å². The van der Waals surface area contributed by atoms with Gasteiger partial charge in [-0.25, -0.2) is 4.99 Å². The van der Waals surface area contributed by atoms with Gasteiger partial charge in [-0.15, -0.1) is 45.9 Å². The minimum Gasteiger partial charge on any atom is -0.355 e. The standard InChI is InChI=1S/C23H30N6S.HI/c1-17(30-21-13-9-6-10-14-21)15-24-23(25-16-22-28-27-19(3)29(22)4)26-18(2)20-11-7-5-8-12-20;/h5-14,17-18H,15-16H2,1-4H3,(H2,24,25,26);1H. The molecule has 0 radical (unpaired) electrons. The highest BCUT2D eigenvalue weighted by molar-refractivity contribution is 14.0. The predicted molar refractivity (Wildman–Crippen MR) is 140 cm³/mol. The van der Waals surface area contributed by atoms with Gasteiger partial charge in [0.1, 0.15) is 12.4 Å². The van der Waals surface area contributed by atoms with Crippen LogP contribution >= 0.6 is 35.7 Å². The summed E-state index contributed by atoms with van der Waals surface area (Å²) >= 11 is 1.85. The van der Waals surface area contributed by atoms with Crippen LogP contribution in [0.1, 0.15) is 37.1 Å². The fourth-order valence-electron chi connectivity index (χ4n) is 2.93. The van der Waals surface area contributed by atoms with Gasteiger partial charge in [-0.05, 0) is 31.5 Å². The van der Waals surface area contributed by atoms with E-state index in [1.54, 1.807) is 0 Å². The van der Waals surface area contributed by atoms with Crippen LogP contribution in [-0.4, -0.2) is 32.5 Å². The minimum atomic E-state index is 0. The Hall–Kier alpha value is -2.07. The van der Waals surface area contributed by atoms with Gasteiger partial charge in [-0.1, -0.05) is 55.5 Å². The van der Waals surface area contributed by atoms with Crippen molar-refractivity contribution in [3.05, 3.63) is 77.9 Å². The molecule has 166 valence electrons. The first kappa shape index (κ1) is 25.2. The fourth-order valence-corrected chi connectivity index (χ4v) is 3.88. The van der Waals surface area contributed by atoms with Crippen LogP contribution in [0.25, 0.3) is 0 Å². The molecule has 0 amide bonds. The molecule has 2 N–H and O–H groups in total. The van der Waals surface area contributed by atoms with Crippen molar-refractivity contribution >= 4 is 41.7 Å². The van der Waals surface area contributed by atoms with Crippen molar-refractivity contribution in [1.29, 1.82) is 0 Å². The van der Waals surface area contributed by atoms with Gasteiger partial charge in [-0.3, -0.25) is 0 Å². The molecule has 2 aromatic carbocycles. The van der Waals surface area contributed by atoms with Crippen molar-refractivity contribution in [2.75, 3.05) is 6.54 Å². The Balaban J connectivity index is 0.00000341. The number of aryl methyl sites for hydroxylation is 1. The molecule has 0 aliphatic carbocycles. The van der Waals surface area contributed by atoms with Gasteiger partial charge in [0.15, 0.2) is 11.8 Å². The number of benzene rings is 2. The second-order valence-corrected chi connectivity index (χ2v) is 8.80. The van der Waals surface area contributed by atoms with E-state index in [9.17, 15) is 0 Å². The van der Waals surface area contributed by atoms with Crippen molar-refractivity contribution < 1.29 is 0 Å². The SMILES string of the molecule is Cc1nnc(CN=C(NCC(C)Sc2ccccc2)NC(C)c2ccccc2)n1C.I. The van der Waals surface area contributed by atoms with E-state index in [-0.39, 0.29) is 30.0 Å². The van der Waals surface area contributed by atoms with Crippen LogP contribution in [-0.2, 0) is 13.6 Å². The summed E-state index contributed by atoms with van der Waals surface area (Å²) in [5.41, 5.74) is 1.22. The average molecular weight is 551 g/mol. The quantitative estimate of drug-likeness (QED) is 0.184. The summed E-state index contributed by atoms with van der Waals surface area (Å²) in [6, 6.07) is 21.0. The largest absolute Gasteiger partial charge is 0.355 e. The summed E-state index contributed by atoms with van der Waals surface area (Å²) in [6.45, 7) is 7.56. The van der Waals surface area contributed by atoms with Crippen LogP contribution in [0, 0.1) is 6.92 Å². The zero-order valence-electron chi connectivity index (χ0n) is 18.4. The third-order valence-electron chi connectivity index (χ3n) is 4.85. The molecule has 3 rings (SSSR count). The number of guanidine groups is 1. The van der Waals surface area contributed by atoms with E-state index >= 15 is 0 Å². The topological polar surface area (TPSA) is 67.1 Å².